The SMILES string of the molecule is CC/C=C\C/C=C\C/C=C\C/C=C\C/C=C\CCCCCCCCCCCCCCCC(=O)NC(CO)C(O)CCCCCCCCCCCCCCCCC. The van der Waals surface area contributed by atoms with E-state index in [9.17, 15) is 15.0 Å². The maximum Gasteiger partial charge on any atom is 0.220 e. The van der Waals surface area contributed by atoms with Crippen molar-refractivity contribution in [3.8, 4) is 0 Å². The van der Waals surface area contributed by atoms with Crippen molar-refractivity contribution in [2.24, 2.45) is 0 Å². The van der Waals surface area contributed by atoms with Crippen LogP contribution in [0.15, 0.2) is 60.8 Å². The summed E-state index contributed by atoms with van der Waals surface area (Å²) in [6.45, 7) is 4.25. The summed E-state index contributed by atoms with van der Waals surface area (Å²) in [4.78, 5) is 12.4. The Morgan fingerprint density at radius 1 is 0.446 bits per heavy atom. The highest BCUT2D eigenvalue weighted by Gasteiger charge is 2.20. The van der Waals surface area contributed by atoms with Crippen LogP contribution in [0, 0.1) is 0 Å². The van der Waals surface area contributed by atoms with Crippen LogP contribution in [0.3, 0.4) is 0 Å². The molecule has 326 valence electrons. The molecule has 0 aromatic carbocycles. The fourth-order valence-electron chi connectivity index (χ4n) is 7.33. The van der Waals surface area contributed by atoms with E-state index in [0.29, 0.717) is 12.8 Å². The van der Waals surface area contributed by atoms with E-state index in [2.05, 4.69) is 79.9 Å². The molecule has 0 bridgehead atoms. The molecule has 0 rings (SSSR count). The molecule has 0 aromatic rings. The molecular formula is C52H95NO3. The van der Waals surface area contributed by atoms with Crippen molar-refractivity contribution in [2.45, 2.75) is 257 Å². The zero-order chi connectivity index (χ0) is 40.7. The molecule has 0 aromatic heterocycles. The number of amides is 1. The van der Waals surface area contributed by atoms with E-state index < -0.39 is 12.1 Å². The van der Waals surface area contributed by atoms with Crippen molar-refractivity contribution in [2.75, 3.05) is 6.61 Å². The molecule has 0 aliphatic rings. The first-order valence-corrected chi connectivity index (χ1v) is 24.5. The lowest BCUT2D eigenvalue weighted by molar-refractivity contribution is -0.123. The van der Waals surface area contributed by atoms with Crippen LogP contribution in [0.25, 0.3) is 0 Å². The van der Waals surface area contributed by atoms with Crippen LogP contribution in [0.2, 0.25) is 0 Å². The van der Waals surface area contributed by atoms with Crippen molar-refractivity contribution in [1.82, 2.24) is 5.32 Å². The van der Waals surface area contributed by atoms with E-state index in [1.54, 1.807) is 0 Å². The maximum atomic E-state index is 12.4. The zero-order valence-corrected chi connectivity index (χ0v) is 37.4. The summed E-state index contributed by atoms with van der Waals surface area (Å²) in [7, 11) is 0. The normalized spacial score (nSPS) is 13.4. The smallest absolute Gasteiger partial charge is 0.220 e. The average Bonchev–Trinajstić information content (AvgIpc) is 3.20. The van der Waals surface area contributed by atoms with E-state index in [4.69, 9.17) is 0 Å². The lowest BCUT2D eigenvalue weighted by Crippen LogP contribution is -2.45. The van der Waals surface area contributed by atoms with Gasteiger partial charge in [0.25, 0.3) is 0 Å². The first-order chi connectivity index (χ1) is 27.7. The molecule has 4 nitrogen and oxygen atoms in total. The van der Waals surface area contributed by atoms with E-state index in [-0.39, 0.29) is 12.5 Å². The Morgan fingerprint density at radius 3 is 1.18 bits per heavy atom. The topological polar surface area (TPSA) is 69.6 Å². The second kappa shape index (κ2) is 47.5. The van der Waals surface area contributed by atoms with Gasteiger partial charge in [0.1, 0.15) is 0 Å². The van der Waals surface area contributed by atoms with Crippen LogP contribution in [0.4, 0.5) is 0 Å². The summed E-state index contributed by atoms with van der Waals surface area (Å²) in [6.07, 6.45) is 66.0. The van der Waals surface area contributed by atoms with E-state index >= 15 is 0 Å². The Hall–Kier alpha value is -1.91. The molecule has 2 atom stereocenters. The number of rotatable bonds is 44. The first kappa shape index (κ1) is 54.1. The molecule has 0 aliphatic carbocycles. The Kier molecular flexibility index (Phi) is 45.8. The van der Waals surface area contributed by atoms with E-state index in [1.807, 2.05) is 0 Å². The van der Waals surface area contributed by atoms with E-state index in [1.165, 1.54) is 161 Å². The molecule has 56 heavy (non-hydrogen) atoms. The van der Waals surface area contributed by atoms with Crippen molar-refractivity contribution >= 4 is 5.91 Å². The van der Waals surface area contributed by atoms with Crippen LogP contribution in [0.5, 0.6) is 0 Å². The lowest BCUT2D eigenvalue weighted by Gasteiger charge is -2.22. The minimum absolute atomic E-state index is 0.0335. The summed E-state index contributed by atoms with van der Waals surface area (Å²) in [5.74, 6) is -0.0335. The largest absolute Gasteiger partial charge is 0.394 e. The molecule has 4 heteroatoms. The number of allylic oxidation sites excluding steroid dienone is 10. The van der Waals surface area contributed by atoms with Gasteiger partial charge in [-0.2, -0.15) is 0 Å². The predicted octanol–water partition coefficient (Wildman–Crippen LogP) is 15.7. The molecule has 0 heterocycles. The summed E-state index contributed by atoms with van der Waals surface area (Å²) in [5, 5.41) is 23.2. The van der Waals surface area contributed by atoms with Crippen molar-refractivity contribution in [1.29, 1.82) is 0 Å². The van der Waals surface area contributed by atoms with Gasteiger partial charge in [0.2, 0.25) is 5.91 Å². The second-order valence-electron chi connectivity index (χ2n) is 16.5. The van der Waals surface area contributed by atoms with Crippen LogP contribution in [0.1, 0.15) is 245 Å². The van der Waals surface area contributed by atoms with Gasteiger partial charge in [-0.1, -0.05) is 242 Å². The van der Waals surface area contributed by atoms with Gasteiger partial charge in [-0.05, 0) is 57.8 Å². The number of aliphatic hydroxyl groups is 2. The minimum atomic E-state index is -0.661. The highest BCUT2D eigenvalue weighted by Crippen LogP contribution is 2.16. The molecule has 0 saturated heterocycles. The third kappa shape index (κ3) is 43.2. The summed E-state index contributed by atoms with van der Waals surface area (Å²) in [5.41, 5.74) is 0. The Bertz CT molecular complexity index is 934. The standard InChI is InChI=1S/C52H95NO3/c1-3-5-7-9-11-13-15-17-19-20-21-22-23-24-25-26-27-28-29-30-31-32-34-36-38-40-42-44-46-48-52(56)53-50(49-54)51(55)47-45-43-41-39-37-35-33-18-16-14-12-10-8-6-4-2/h5,7,11,13,17,19,21-22,24-25,50-51,54-55H,3-4,6,8-10,12,14-16,18,20,23,26-49H2,1-2H3,(H,53,56)/b7-5-,13-11-,19-17-,22-21-,25-24-. The summed E-state index contributed by atoms with van der Waals surface area (Å²) >= 11 is 0. The molecule has 3 N–H and O–H groups in total. The van der Waals surface area contributed by atoms with Gasteiger partial charge in [0.15, 0.2) is 0 Å². The molecule has 1 amide bonds. The number of nitrogens with one attached hydrogen (secondary N) is 1. The number of aliphatic hydroxyl groups excluding tert-OH is 2. The summed E-state index contributed by atoms with van der Waals surface area (Å²) in [6, 6.07) is -0.538. The van der Waals surface area contributed by atoms with Crippen molar-refractivity contribution in [3.63, 3.8) is 0 Å². The zero-order valence-electron chi connectivity index (χ0n) is 37.4. The van der Waals surface area contributed by atoms with Gasteiger partial charge in [-0.3, -0.25) is 4.79 Å². The Balaban J connectivity index is 3.50. The molecule has 0 fully saturated rings. The fraction of sp³-hybridized carbons (Fsp3) is 0.788. The maximum absolute atomic E-state index is 12.4. The number of carbonyl (C=O) groups excluding carboxylic acids is 1. The number of carbonyl (C=O) groups is 1. The lowest BCUT2D eigenvalue weighted by atomic mass is 10.0. The van der Waals surface area contributed by atoms with Crippen LogP contribution in [-0.2, 0) is 4.79 Å². The van der Waals surface area contributed by atoms with Crippen molar-refractivity contribution < 1.29 is 15.0 Å². The highest BCUT2D eigenvalue weighted by atomic mass is 16.3. The number of unbranched alkanes of at least 4 members (excludes halogenated alkanes) is 27. The van der Waals surface area contributed by atoms with Crippen LogP contribution in [-0.4, -0.2) is 34.9 Å². The molecular weight excluding hydrogens is 687 g/mol. The minimum Gasteiger partial charge on any atom is -0.394 e. The number of hydrogen-bond acceptors (Lipinski definition) is 3. The molecule has 0 aliphatic heterocycles. The third-order valence-electron chi connectivity index (χ3n) is 11.0. The molecule has 0 spiro atoms. The van der Waals surface area contributed by atoms with Gasteiger partial charge in [-0.25, -0.2) is 0 Å². The third-order valence-corrected chi connectivity index (χ3v) is 11.0. The van der Waals surface area contributed by atoms with Gasteiger partial charge in [0, 0.05) is 6.42 Å². The second-order valence-corrected chi connectivity index (χ2v) is 16.5. The van der Waals surface area contributed by atoms with E-state index in [0.717, 1.165) is 57.8 Å². The first-order valence-electron chi connectivity index (χ1n) is 24.5. The monoisotopic (exact) mass is 782 g/mol. The molecule has 2 unspecified atom stereocenters. The Morgan fingerprint density at radius 2 is 0.786 bits per heavy atom. The molecule has 0 saturated carbocycles. The van der Waals surface area contributed by atoms with Crippen molar-refractivity contribution in [3.05, 3.63) is 60.8 Å². The van der Waals surface area contributed by atoms with Gasteiger partial charge in [-0.15, -0.1) is 0 Å². The number of hydrogen-bond donors (Lipinski definition) is 3. The average molecular weight is 782 g/mol. The quantitative estimate of drug-likeness (QED) is 0.0426. The molecule has 0 radical (unpaired) electrons. The van der Waals surface area contributed by atoms with Gasteiger partial charge >= 0.3 is 0 Å². The van der Waals surface area contributed by atoms with Crippen LogP contribution < -0.4 is 5.32 Å². The highest BCUT2D eigenvalue weighted by molar-refractivity contribution is 5.76. The predicted molar refractivity (Wildman–Crippen MR) is 248 cm³/mol. The van der Waals surface area contributed by atoms with Gasteiger partial charge < -0.3 is 15.5 Å². The Labute approximate surface area is 349 Å². The van der Waals surface area contributed by atoms with Crippen LogP contribution >= 0.6 is 0 Å². The fourth-order valence-corrected chi connectivity index (χ4v) is 7.33. The van der Waals surface area contributed by atoms with Gasteiger partial charge in [0.05, 0.1) is 18.8 Å². The summed E-state index contributed by atoms with van der Waals surface area (Å²) < 4.78 is 0.